The fourth-order valence-corrected chi connectivity index (χ4v) is 5.43. The first kappa shape index (κ1) is 38.2. The van der Waals surface area contributed by atoms with Crippen LogP contribution in [0.3, 0.4) is 0 Å². The molecule has 5 heteroatoms. The van der Waals surface area contributed by atoms with E-state index < -0.39 is 0 Å². The Bertz CT molecular complexity index is 763. The van der Waals surface area contributed by atoms with Gasteiger partial charge < -0.3 is 24.4 Å². The molecule has 0 spiro atoms. The van der Waals surface area contributed by atoms with E-state index in [0.717, 1.165) is 51.4 Å². The molecule has 5 nitrogen and oxygen atoms in total. The number of ether oxygens (including phenoxy) is 3. The number of phenols is 2. The molecule has 0 saturated carbocycles. The quantitative estimate of drug-likeness (QED) is 0.0687. The van der Waals surface area contributed by atoms with Crippen molar-refractivity contribution in [3.05, 3.63) is 5.56 Å². The number of benzene rings is 1. The van der Waals surface area contributed by atoms with Gasteiger partial charge in [-0.3, -0.25) is 0 Å². The van der Waals surface area contributed by atoms with Crippen LogP contribution in [0.4, 0.5) is 0 Å². The summed E-state index contributed by atoms with van der Waals surface area (Å²) < 4.78 is 19.0. The molecule has 246 valence electrons. The van der Waals surface area contributed by atoms with E-state index in [1.807, 2.05) is 0 Å². The number of phenolic OH excluding ortho intramolecular Hbond substituents is 2. The molecule has 2 N–H and O–H groups in total. The Morgan fingerprint density at radius 3 is 1.12 bits per heavy atom. The number of hydrogen-bond donors (Lipinski definition) is 2. The van der Waals surface area contributed by atoms with Gasteiger partial charge in [0, 0.05) is 5.56 Å². The third kappa shape index (κ3) is 16.8. The van der Waals surface area contributed by atoms with E-state index in [9.17, 15) is 10.2 Å². The van der Waals surface area contributed by atoms with Crippen molar-refractivity contribution < 1.29 is 24.4 Å². The largest absolute Gasteiger partial charge is 0.504 e. The molecule has 0 heterocycles. The van der Waals surface area contributed by atoms with Crippen molar-refractivity contribution in [3.8, 4) is 28.7 Å². The highest BCUT2D eigenvalue weighted by Crippen LogP contribution is 2.53. The molecule has 0 atom stereocenters. The molecule has 0 bridgehead atoms. The first-order valence-electron chi connectivity index (χ1n) is 18.1. The average Bonchev–Trinajstić information content (AvgIpc) is 2.99. The minimum atomic E-state index is -0.200. The molecular formula is C37H68O5. The van der Waals surface area contributed by atoms with Crippen LogP contribution in [0.15, 0.2) is 0 Å². The third-order valence-corrected chi connectivity index (χ3v) is 8.17. The van der Waals surface area contributed by atoms with Gasteiger partial charge in [-0.05, 0) is 32.1 Å². The Morgan fingerprint density at radius 2 is 0.690 bits per heavy atom. The Hall–Kier alpha value is -1.78. The van der Waals surface area contributed by atoms with E-state index in [1.54, 1.807) is 0 Å². The Balaban J connectivity index is 3.11. The fraction of sp³-hybridized carbons (Fsp3) is 0.838. The summed E-state index contributed by atoms with van der Waals surface area (Å²) in [6.45, 7) is 10.5. The van der Waals surface area contributed by atoms with Gasteiger partial charge in [-0.1, -0.05) is 150 Å². The van der Waals surface area contributed by atoms with Crippen molar-refractivity contribution in [1.82, 2.24) is 0 Å². The topological polar surface area (TPSA) is 68.2 Å². The zero-order valence-corrected chi connectivity index (χ0v) is 28.2. The molecule has 0 fully saturated rings. The summed E-state index contributed by atoms with van der Waals surface area (Å²) in [5.74, 6) is 1.01. The van der Waals surface area contributed by atoms with Crippen LogP contribution >= 0.6 is 0 Å². The van der Waals surface area contributed by atoms with Crippen LogP contribution in [-0.2, 0) is 6.42 Å². The monoisotopic (exact) mass is 593 g/mol. The maximum atomic E-state index is 11.2. The maximum absolute atomic E-state index is 11.2. The molecule has 0 saturated heterocycles. The highest BCUT2D eigenvalue weighted by atomic mass is 16.5. The minimum Gasteiger partial charge on any atom is -0.504 e. The van der Waals surface area contributed by atoms with Gasteiger partial charge in [0.25, 0.3) is 0 Å². The molecule has 0 radical (unpaired) electrons. The summed E-state index contributed by atoms with van der Waals surface area (Å²) in [5, 5.41) is 22.4. The van der Waals surface area contributed by atoms with Crippen LogP contribution in [0.25, 0.3) is 0 Å². The van der Waals surface area contributed by atoms with E-state index in [2.05, 4.69) is 27.7 Å². The number of hydrogen-bond acceptors (Lipinski definition) is 5. The predicted molar refractivity (Wildman–Crippen MR) is 179 cm³/mol. The molecular weight excluding hydrogens is 524 g/mol. The number of unbranched alkanes of at least 4 members (excludes halogenated alkanes) is 19. The van der Waals surface area contributed by atoms with Gasteiger partial charge in [-0.25, -0.2) is 0 Å². The Morgan fingerprint density at radius 1 is 0.357 bits per heavy atom. The van der Waals surface area contributed by atoms with Gasteiger partial charge in [0.1, 0.15) is 0 Å². The van der Waals surface area contributed by atoms with E-state index in [4.69, 9.17) is 14.2 Å². The maximum Gasteiger partial charge on any atom is 0.211 e. The van der Waals surface area contributed by atoms with Gasteiger partial charge in [0.05, 0.1) is 19.8 Å². The van der Waals surface area contributed by atoms with Crippen LogP contribution in [0, 0.1) is 0 Å². The van der Waals surface area contributed by atoms with Crippen molar-refractivity contribution in [3.63, 3.8) is 0 Å². The van der Waals surface area contributed by atoms with E-state index in [0.29, 0.717) is 43.3 Å². The van der Waals surface area contributed by atoms with Gasteiger partial charge >= 0.3 is 0 Å². The molecule has 1 aromatic rings. The van der Waals surface area contributed by atoms with Crippen LogP contribution < -0.4 is 14.2 Å². The smallest absolute Gasteiger partial charge is 0.211 e. The van der Waals surface area contributed by atoms with Gasteiger partial charge in [-0.15, -0.1) is 0 Å². The van der Waals surface area contributed by atoms with Gasteiger partial charge in [0.15, 0.2) is 11.5 Å². The molecule has 1 rings (SSSR count). The Labute approximate surface area is 260 Å². The summed E-state index contributed by atoms with van der Waals surface area (Å²) in [7, 11) is 0. The van der Waals surface area contributed by atoms with Gasteiger partial charge in [-0.2, -0.15) is 0 Å². The van der Waals surface area contributed by atoms with Crippen molar-refractivity contribution >= 4 is 0 Å². The second-order valence-corrected chi connectivity index (χ2v) is 12.2. The Kier molecular flexibility index (Phi) is 24.4. The third-order valence-electron chi connectivity index (χ3n) is 8.17. The normalized spacial score (nSPS) is 11.2. The van der Waals surface area contributed by atoms with Crippen LogP contribution in [0.2, 0.25) is 0 Å². The SMILES string of the molecule is CCCCCCCCOc1c(O)c(O)c(CCCCCCC)c(OCCCCCCCC)c1OCCCCCCCC. The summed E-state index contributed by atoms with van der Waals surface area (Å²) in [4.78, 5) is 0. The van der Waals surface area contributed by atoms with Crippen molar-refractivity contribution in [2.24, 2.45) is 0 Å². The first-order valence-corrected chi connectivity index (χ1v) is 18.1. The lowest BCUT2D eigenvalue weighted by Gasteiger charge is -2.22. The van der Waals surface area contributed by atoms with E-state index in [1.165, 1.54) is 96.3 Å². The molecule has 0 amide bonds. The molecule has 1 aromatic carbocycles. The first-order chi connectivity index (χ1) is 20.6. The van der Waals surface area contributed by atoms with Crippen LogP contribution in [0.1, 0.15) is 181 Å². The standard InChI is InChI=1S/C37H68O5/c1-5-9-13-17-21-25-29-40-35-32(28-24-20-16-12-8-4)33(38)34(39)36(41-30-26-22-18-14-10-6-2)37(35)42-31-27-23-19-15-11-7-3/h38-39H,5-31H2,1-4H3. The average molecular weight is 593 g/mol. The van der Waals surface area contributed by atoms with Crippen molar-refractivity contribution in [2.75, 3.05) is 19.8 Å². The molecule has 0 aliphatic rings. The number of aromatic hydroxyl groups is 2. The summed E-state index contributed by atoms with van der Waals surface area (Å²) in [5.41, 5.74) is 0.667. The lowest BCUT2D eigenvalue weighted by molar-refractivity contribution is 0.222. The molecule has 0 aliphatic carbocycles. The molecule has 0 unspecified atom stereocenters. The summed E-state index contributed by atoms with van der Waals surface area (Å²) >= 11 is 0. The van der Waals surface area contributed by atoms with Gasteiger partial charge in [0.2, 0.25) is 17.2 Å². The van der Waals surface area contributed by atoms with E-state index in [-0.39, 0.29) is 17.2 Å². The second-order valence-electron chi connectivity index (χ2n) is 12.2. The zero-order chi connectivity index (χ0) is 30.7. The lowest BCUT2D eigenvalue weighted by Crippen LogP contribution is -2.09. The molecule has 0 aliphatic heterocycles. The summed E-state index contributed by atoms with van der Waals surface area (Å²) in [6.07, 6.45) is 27.4. The number of rotatable bonds is 30. The van der Waals surface area contributed by atoms with Crippen molar-refractivity contribution in [2.45, 2.75) is 182 Å². The lowest BCUT2D eigenvalue weighted by atomic mass is 10.0. The minimum absolute atomic E-state index is 0.103. The van der Waals surface area contributed by atoms with Crippen molar-refractivity contribution in [1.29, 1.82) is 0 Å². The fourth-order valence-electron chi connectivity index (χ4n) is 5.43. The highest BCUT2D eigenvalue weighted by molar-refractivity contribution is 5.69. The van der Waals surface area contributed by atoms with Crippen LogP contribution in [-0.4, -0.2) is 30.0 Å². The predicted octanol–water partition coefficient (Wildman–Crippen LogP) is 11.8. The zero-order valence-electron chi connectivity index (χ0n) is 28.2. The molecule has 42 heavy (non-hydrogen) atoms. The van der Waals surface area contributed by atoms with E-state index >= 15 is 0 Å². The second kappa shape index (κ2) is 26.8. The summed E-state index contributed by atoms with van der Waals surface area (Å²) in [6, 6.07) is 0. The van der Waals surface area contributed by atoms with Crippen LogP contribution in [0.5, 0.6) is 28.7 Å². The highest BCUT2D eigenvalue weighted by Gasteiger charge is 2.27. The molecule has 0 aromatic heterocycles.